The predicted octanol–water partition coefficient (Wildman–Crippen LogP) is 0.0577. The number of anilines is 1. The monoisotopic (exact) mass is 225 g/mol. The minimum Gasteiger partial charge on any atom is -0.394 e. The molecule has 1 aromatic heterocycles. The van der Waals surface area contributed by atoms with Crippen LogP contribution in [0.2, 0.25) is 0 Å². The summed E-state index contributed by atoms with van der Waals surface area (Å²) in [7, 11) is 0. The summed E-state index contributed by atoms with van der Waals surface area (Å²) >= 11 is 0. The fourth-order valence-electron chi connectivity index (χ4n) is 1.16. The molecule has 0 aliphatic rings. The van der Waals surface area contributed by atoms with Gasteiger partial charge in [0.2, 0.25) is 0 Å². The van der Waals surface area contributed by atoms with Crippen molar-refractivity contribution in [3.8, 4) is 0 Å². The highest BCUT2D eigenvalue weighted by molar-refractivity contribution is 5.30. The van der Waals surface area contributed by atoms with Crippen LogP contribution in [0.4, 0.5) is 5.82 Å². The van der Waals surface area contributed by atoms with Gasteiger partial charge in [0, 0.05) is 23.8 Å². The van der Waals surface area contributed by atoms with Crippen molar-refractivity contribution in [1.29, 1.82) is 0 Å². The van der Waals surface area contributed by atoms with Crippen molar-refractivity contribution in [3.05, 3.63) is 23.9 Å². The number of β-amino-alcohol motifs (C(OH)–C–C–N with tert-alkyl or cyclic N) is 1. The smallest absolute Gasteiger partial charge is 0.123 e. The summed E-state index contributed by atoms with van der Waals surface area (Å²) in [6, 6.07) is 3.39. The Morgan fingerprint density at radius 3 is 2.69 bits per heavy atom. The molecule has 0 radical (unpaired) electrons. The van der Waals surface area contributed by atoms with E-state index in [9.17, 15) is 5.11 Å². The molecule has 5 nitrogen and oxygen atoms in total. The molecular weight excluding hydrogens is 206 g/mol. The van der Waals surface area contributed by atoms with Crippen LogP contribution in [-0.2, 0) is 0 Å². The lowest BCUT2D eigenvalue weighted by Crippen LogP contribution is -2.44. The van der Waals surface area contributed by atoms with Crippen molar-refractivity contribution < 1.29 is 10.2 Å². The molecule has 0 aliphatic carbocycles. The number of nitrogens with two attached hydrogens (primary N) is 1. The number of hydrogen-bond acceptors (Lipinski definition) is 5. The Labute approximate surface area is 95.3 Å². The summed E-state index contributed by atoms with van der Waals surface area (Å²) in [5.74, 6) is 0.430. The molecule has 0 bridgehead atoms. The van der Waals surface area contributed by atoms with E-state index >= 15 is 0 Å². The Hall–Kier alpha value is -1.17. The number of rotatable bonds is 5. The van der Waals surface area contributed by atoms with Gasteiger partial charge in [-0.3, -0.25) is 0 Å². The van der Waals surface area contributed by atoms with Gasteiger partial charge in [0.05, 0.1) is 12.7 Å². The van der Waals surface area contributed by atoms with Gasteiger partial charge in [-0.05, 0) is 19.9 Å². The molecule has 5 heteroatoms. The van der Waals surface area contributed by atoms with Crippen LogP contribution >= 0.6 is 0 Å². The van der Waals surface area contributed by atoms with Gasteiger partial charge < -0.3 is 21.3 Å². The average molecular weight is 225 g/mol. The van der Waals surface area contributed by atoms with Gasteiger partial charge in [-0.1, -0.05) is 6.07 Å². The van der Waals surface area contributed by atoms with Crippen LogP contribution in [0.25, 0.3) is 0 Å². The van der Waals surface area contributed by atoms with Crippen LogP contribution < -0.4 is 11.1 Å². The first-order valence-electron chi connectivity index (χ1n) is 5.20. The van der Waals surface area contributed by atoms with E-state index in [1.54, 1.807) is 18.3 Å². The molecule has 0 saturated heterocycles. The molecule has 1 heterocycles. The largest absolute Gasteiger partial charge is 0.394 e. The van der Waals surface area contributed by atoms with Gasteiger partial charge in [-0.25, -0.2) is 4.98 Å². The van der Waals surface area contributed by atoms with Gasteiger partial charge in [-0.2, -0.15) is 0 Å². The molecule has 1 rings (SSSR count). The topological polar surface area (TPSA) is 91.4 Å². The summed E-state index contributed by atoms with van der Waals surface area (Å²) in [5.41, 5.74) is 5.75. The van der Waals surface area contributed by atoms with Crippen molar-refractivity contribution in [2.75, 3.05) is 18.9 Å². The van der Waals surface area contributed by atoms with Crippen molar-refractivity contribution in [2.45, 2.75) is 25.5 Å². The third-order valence-corrected chi connectivity index (χ3v) is 2.36. The number of nitrogens with one attached hydrogen (secondary N) is 1. The molecule has 5 N–H and O–H groups in total. The van der Waals surface area contributed by atoms with Crippen LogP contribution in [0.3, 0.4) is 0 Å². The minimum atomic E-state index is -0.654. The van der Waals surface area contributed by atoms with Crippen LogP contribution in [-0.4, -0.2) is 33.9 Å². The number of hydrogen-bond donors (Lipinski definition) is 4. The third-order valence-electron chi connectivity index (χ3n) is 2.36. The Morgan fingerprint density at radius 1 is 1.50 bits per heavy atom. The molecule has 16 heavy (non-hydrogen) atoms. The maximum atomic E-state index is 9.85. The highest BCUT2D eigenvalue weighted by Crippen LogP contribution is 2.12. The second-order valence-corrected chi connectivity index (χ2v) is 4.46. The fourth-order valence-corrected chi connectivity index (χ4v) is 1.16. The molecule has 0 amide bonds. The summed E-state index contributed by atoms with van der Waals surface area (Å²) in [6.07, 6.45) is 0.895. The lowest BCUT2D eigenvalue weighted by atomic mass is 10.1. The van der Waals surface area contributed by atoms with E-state index in [1.165, 1.54) is 0 Å². The number of pyridine rings is 1. The van der Waals surface area contributed by atoms with E-state index in [4.69, 9.17) is 10.8 Å². The van der Waals surface area contributed by atoms with Gasteiger partial charge >= 0.3 is 0 Å². The molecule has 0 aromatic carbocycles. The fraction of sp³-hybridized carbons (Fsp3) is 0.545. The summed E-state index contributed by atoms with van der Waals surface area (Å²) in [6.45, 7) is 4.10. The molecule has 0 aliphatic heterocycles. The van der Waals surface area contributed by atoms with E-state index in [0.717, 1.165) is 0 Å². The number of aliphatic hydroxyl groups excluding tert-OH is 2. The number of aliphatic hydroxyl groups is 2. The first-order valence-corrected chi connectivity index (χ1v) is 5.20. The van der Waals surface area contributed by atoms with Crippen LogP contribution in [0.15, 0.2) is 18.3 Å². The SMILES string of the molecule is CC(C)(CO)NCC(O)c1ccc(N)nc1. The molecule has 1 aromatic rings. The number of nitrogens with zero attached hydrogens (tertiary/aromatic N) is 1. The lowest BCUT2D eigenvalue weighted by molar-refractivity contribution is 0.136. The van der Waals surface area contributed by atoms with Gasteiger partial charge in [0.25, 0.3) is 0 Å². The summed E-state index contributed by atoms with van der Waals surface area (Å²) in [4.78, 5) is 3.91. The molecule has 0 saturated carbocycles. The molecule has 0 spiro atoms. The third kappa shape index (κ3) is 3.77. The van der Waals surface area contributed by atoms with Crippen molar-refractivity contribution >= 4 is 5.82 Å². The molecule has 90 valence electrons. The maximum absolute atomic E-state index is 9.85. The quantitative estimate of drug-likeness (QED) is 0.568. The first-order chi connectivity index (χ1) is 7.44. The molecular formula is C11H19N3O2. The van der Waals surface area contributed by atoms with E-state index < -0.39 is 11.6 Å². The lowest BCUT2D eigenvalue weighted by Gasteiger charge is -2.25. The predicted molar refractivity (Wildman–Crippen MR) is 62.8 cm³/mol. The molecule has 1 atom stereocenters. The number of aromatic nitrogens is 1. The van der Waals surface area contributed by atoms with Crippen molar-refractivity contribution in [1.82, 2.24) is 10.3 Å². The Kier molecular flexibility index (Phi) is 4.23. The van der Waals surface area contributed by atoms with E-state index in [0.29, 0.717) is 17.9 Å². The van der Waals surface area contributed by atoms with E-state index in [-0.39, 0.29) is 6.61 Å². The van der Waals surface area contributed by atoms with Crippen LogP contribution in [0.5, 0.6) is 0 Å². The standard InChI is InChI=1S/C11H19N3O2/c1-11(2,7-15)14-6-9(16)8-3-4-10(12)13-5-8/h3-5,9,14-16H,6-7H2,1-2H3,(H2,12,13). The van der Waals surface area contributed by atoms with Crippen molar-refractivity contribution in [2.24, 2.45) is 0 Å². The van der Waals surface area contributed by atoms with Crippen molar-refractivity contribution in [3.63, 3.8) is 0 Å². The molecule has 0 fully saturated rings. The highest BCUT2D eigenvalue weighted by Gasteiger charge is 2.17. The van der Waals surface area contributed by atoms with Crippen LogP contribution in [0, 0.1) is 0 Å². The second kappa shape index (κ2) is 5.25. The highest BCUT2D eigenvalue weighted by atomic mass is 16.3. The first kappa shape index (κ1) is 12.9. The van der Waals surface area contributed by atoms with E-state index in [1.807, 2.05) is 13.8 Å². The summed E-state index contributed by atoms with van der Waals surface area (Å²) in [5, 5.41) is 21.9. The van der Waals surface area contributed by atoms with Gasteiger partial charge in [0.15, 0.2) is 0 Å². The Morgan fingerprint density at radius 2 is 2.19 bits per heavy atom. The second-order valence-electron chi connectivity index (χ2n) is 4.46. The van der Waals surface area contributed by atoms with Gasteiger partial charge in [0.1, 0.15) is 5.82 Å². The zero-order valence-electron chi connectivity index (χ0n) is 9.64. The normalized spacial score (nSPS) is 13.8. The van der Waals surface area contributed by atoms with Gasteiger partial charge in [-0.15, -0.1) is 0 Å². The van der Waals surface area contributed by atoms with E-state index in [2.05, 4.69) is 10.3 Å². The Balaban J connectivity index is 2.53. The van der Waals surface area contributed by atoms with Crippen LogP contribution in [0.1, 0.15) is 25.5 Å². The number of nitrogen functional groups attached to an aromatic ring is 1. The minimum absolute atomic E-state index is 0.0136. The maximum Gasteiger partial charge on any atom is 0.123 e. The zero-order valence-corrected chi connectivity index (χ0v) is 9.64. The zero-order chi connectivity index (χ0) is 12.2. The average Bonchev–Trinajstić information content (AvgIpc) is 2.27. The Bertz CT molecular complexity index is 325. The molecule has 1 unspecified atom stereocenters. The summed E-state index contributed by atoms with van der Waals surface area (Å²) < 4.78 is 0.